The first-order valence-corrected chi connectivity index (χ1v) is 6.04. The van der Waals surface area contributed by atoms with Crippen molar-refractivity contribution >= 4 is 23.2 Å². The first-order chi connectivity index (χ1) is 8.16. The van der Waals surface area contributed by atoms with Crippen LogP contribution in [0.25, 0.3) is 0 Å². The summed E-state index contributed by atoms with van der Waals surface area (Å²) in [5.41, 5.74) is 0.449. The van der Waals surface area contributed by atoms with Gasteiger partial charge in [0.25, 0.3) is 0 Å². The zero-order chi connectivity index (χ0) is 12.3. The molecule has 0 bridgehead atoms. The molecule has 5 heteroatoms. The highest BCUT2D eigenvalue weighted by Crippen LogP contribution is 2.23. The highest BCUT2D eigenvalue weighted by Gasteiger charge is 2.20. The standard InChI is InChI=1S/C12H14ClFN2O/c13-9-7-8(14)4-5-10(9)16-12(17)11-3-1-2-6-15-11/h4-5,7,11,15H,1-3,6H2,(H,16,17)/t11-/m1/s1. The predicted molar refractivity (Wildman–Crippen MR) is 65.7 cm³/mol. The average Bonchev–Trinajstić information content (AvgIpc) is 2.34. The lowest BCUT2D eigenvalue weighted by molar-refractivity contribution is -0.118. The second kappa shape index (κ2) is 5.47. The van der Waals surface area contributed by atoms with Gasteiger partial charge in [-0.2, -0.15) is 0 Å². The number of anilines is 1. The van der Waals surface area contributed by atoms with E-state index < -0.39 is 5.82 Å². The van der Waals surface area contributed by atoms with Crippen LogP contribution in [-0.4, -0.2) is 18.5 Å². The van der Waals surface area contributed by atoms with Gasteiger partial charge >= 0.3 is 0 Å². The Labute approximate surface area is 104 Å². The minimum atomic E-state index is -0.413. The van der Waals surface area contributed by atoms with E-state index in [0.717, 1.165) is 25.8 Å². The van der Waals surface area contributed by atoms with Crippen LogP contribution in [0.3, 0.4) is 0 Å². The van der Waals surface area contributed by atoms with Crippen molar-refractivity contribution in [1.29, 1.82) is 0 Å². The van der Waals surface area contributed by atoms with E-state index in [1.807, 2.05) is 0 Å². The smallest absolute Gasteiger partial charge is 0.241 e. The van der Waals surface area contributed by atoms with Crippen molar-refractivity contribution in [2.75, 3.05) is 11.9 Å². The van der Waals surface area contributed by atoms with Crippen molar-refractivity contribution < 1.29 is 9.18 Å². The van der Waals surface area contributed by atoms with Gasteiger partial charge in [0.05, 0.1) is 16.8 Å². The van der Waals surface area contributed by atoms with Crippen LogP contribution in [0.5, 0.6) is 0 Å². The third-order valence-electron chi connectivity index (χ3n) is 2.82. The van der Waals surface area contributed by atoms with Crippen LogP contribution in [-0.2, 0) is 4.79 Å². The second-order valence-electron chi connectivity index (χ2n) is 4.12. The van der Waals surface area contributed by atoms with Crippen molar-refractivity contribution in [3.63, 3.8) is 0 Å². The lowest BCUT2D eigenvalue weighted by atomic mass is 10.0. The number of carbonyl (C=O) groups is 1. The Kier molecular flexibility index (Phi) is 3.97. The van der Waals surface area contributed by atoms with Gasteiger partial charge in [0.2, 0.25) is 5.91 Å². The van der Waals surface area contributed by atoms with Gasteiger partial charge in [-0.05, 0) is 37.6 Å². The van der Waals surface area contributed by atoms with Gasteiger partial charge in [-0.1, -0.05) is 18.0 Å². The van der Waals surface area contributed by atoms with Crippen LogP contribution in [0.15, 0.2) is 18.2 Å². The van der Waals surface area contributed by atoms with E-state index in [2.05, 4.69) is 10.6 Å². The number of halogens is 2. The molecular weight excluding hydrogens is 243 g/mol. The fourth-order valence-electron chi connectivity index (χ4n) is 1.89. The lowest BCUT2D eigenvalue weighted by Gasteiger charge is -2.22. The van der Waals surface area contributed by atoms with Gasteiger partial charge < -0.3 is 10.6 Å². The molecule has 1 aliphatic rings. The summed E-state index contributed by atoms with van der Waals surface area (Å²) in [4.78, 5) is 11.9. The highest BCUT2D eigenvalue weighted by atomic mass is 35.5. The number of piperidine rings is 1. The molecule has 2 N–H and O–H groups in total. The first kappa shape index (κ1) is 12.3. The largest absolute Gasteiger partial charge is 0.323 e. The van der Waals surface area contributed by atoms with Crippen molar-refractivity contribution in [3.05, 3.63) is 29.0 Å². The van der Waals surface area contributed by atoms with Gasteiger partial charge in [-0.3, -0.25) is 4.79 Å². The third-order valence-corrected chi connectivity index (χ3v) is 3.13. The molecule has 0 unspecified atom stereocenters. The molecule has 0 radical (unpaired) electrons. The maximum Gasteiger partial charge on any atom is 0.241 e. The van der Waals surface area contributed by atoms with Crippen LogP contribution in [0.2, 0.25) is 5.02 Å². The number of carbonyl (C=O) groups excluding carboxylic acids is 1. The minimum Gasteiger partial charge on any atom is -0.323 e. The Balaban J connectivity index is 2.02. The fraction of sp³-hybridized carbons (Fsp3) is 0.417. The van der Waals surface area contributed by atoms with Gasteiger partial charge in [-0.15, -0.1) is 0 Å². The van der Waals surface area contributed by atoms with E-state index in [9.17, 15) is 9.18 Å². The zero-order valence-corrected chi connectivity index (χ0v) is 10.1. The molecule has 1 aliphatic heterocycles. The van der Waals surface area contributed by atoms with Crippen LogP contribution in [0, 0.1) is 5.82 Å². The zero-order valence-electron chi connectivity index (χ0n) is 9.30. The molecule has 17 heavy (non-hydrogen) atoms. The molecule has 1 aromatic carbocycles. The third kappa shape index (κ3) is 3.17. The summed E-state index contributed by atoms with van der Waals surface area (Å²) in [5, 5.41) is 6.06. The van der Waals surface area contributed by atoms with E-state index in [4.69, 9.17) is 11.6 Å². The predicted octanol–water partition coefficient (Wildman–Crippen LogP) is 2.56. The van der Waals surface area contributed by atoms with Crippen LogP contribution in [0.1, 0.15) is 19.3 Å². The Morgan fingerprint density at radius 3 is 2.94 bits per heavy atom. The Hall–Kier alpha value is -1.13. The quantitative estimate of drug-likeness (QED) is 0.854. The number of hydrogen-bond donors (Lipinski definition) is 2. The molecule has 1 fully saturated rings. The van der Waals surface area contributed by atoms with E-state index in [1.54, 1.807) is 0 Å². The number of benzene rings is 1. The molecule has 1 heterocycles. The second-order valence-corrected chi connectivity index (χ2v) is 4.52. The summed E-state index contributed by atoms with van der Waals surface area (Å²) in [6.07, 6.45) is 2.97. The van der Waals surface area contributed by atoms with E-state index in [0.29, 0.717) is 5.69 Å². The molecule has 2 rings (SSSR count). The summed E-state index contributed by atoms with van der Waals surface area (Å²) >= 11 is 5.84. The van der Waals surface area contributed by atoms with Crippen LogP contribution in [0.4, 0.5) is 10.1 Å². The molecule has 0 aliphatic carbocycles. The molecule has 92 valence electrons. The molecule has 0 aromatic heterocycles. The molecule has 0 saturated carbocycles. The first-order valence-electron chi connectivity index (χ1n) is 5.66. The van der Waals surface area contributed by atoms with Gasteiger partial charge in [0, 0.05) is 0 Å². The molecule has 1 atom stereocenters. The summed E-state index contributed by atoms with van der Waals surface area (Å²) in [7, 11) is 0. The Morgan fingerprint density at radius 2 is 2.29 bits per heavy atom. The summed E-state index contributed by atoms with van der Waals surface area (Å²) < 4.78 is 12.8. The van der Waals surface area contributed by atoms with Gasteiger partial charge in [-0.25, -0.2) is 4.39 Å². The average molecular weight is 257 g/mol. The summed E-state index contributed by atoms with van der Waals surface area (Å²) in [5.74, 6) is -0.526. The van der Waals surface area contributed by atoms with Crippen LogP contribution < -0.4 is 10.6 Å². The fourth-order valence-corrected chi connectivity index (χ4v) is 2.10. The molecule has 3 nitrogen and oxygen atoms in total. The van der Waals surface area contributed by atoms with Gasteiger partial charge in [0.1, 0.15) is 5.82 Å². The summed E-state index contributed by atoms with van der Waals surface area (Å²) in [6, 6.07) is 3.75. The van der Waals surface area contributed by atoms with Crippen molar-refractivity contribution in [2.45, 2.75) is 25.3 Å². The minimum absolute atomic E-state index is 0.113. The molecule has 1 aromatic rings. The normalized spacial score (nSPS) is 20.0. The van der Waals surface area contributed by atoms with Crippen molar-refractivity contribution in [2.24, 2.45) is 0 Å². The van der Waals surface area contributed by atoms with Crippen LogP contribution >= 0.6 is 11.6 Å². The topological polar surface area (TPSA) is 41.1 Å². The number of amides is 1. The highest BCUT2D eigenvalue weighted by molar-refractivity contribution is 6.33. The number of hydrogen-bond acceptors (Lipinski definition) is 2. The number of nitrogens with one attached hydrogen (secondary N) is 2. The lowest BCUT2D eigenvalue weighted by Crippen LogP contribution is -2.43. The molecule has 1 saturated heterocycles. The monoisotopic (exact) mass is 256 g/mol. The van der Waals surface area contributed by atoms with E-state index >= 15 is 0 Å². The van der Waals surface area contributed by atoms with Crippen molar-refractivity contribution in [3.8, 4) is 0 Å². The Morgan fingerprint density at radius 1 is 1.47 bits per heavy atom. The number of rotatable bonds is 2. The van der Waals surface area contributed by atoms with E-state index in [-0.39, 0.29) is 17.0 Å². The maximum atomic E-state index is 12.8. The maximum absolute atomic E-state index is 12.8. The van der Waals surface area contributed by atoms with E-state index in [1.165, 1.54) is 18.2 Å². The SMILES string of the molecule is O=C(Nc1ccc(F)cc1Cl)[C@H]1CCCCN1. The Bertz CT molecular complexity index is 419. The molecule has 0 spiro atoms. The van der Waals surface area contributed by atoms with Crippen molar-refractivity contribution in [1.82, 2.24) is 5.32 Å². The molecular formula is C12H14ClFN2O. The van der Waals surface area contributed by atoms with Gasteiger partial charge in [0.15, 0.2) is 0 Å². The molecule has 1 amide bonds. The summed E-state index contributed by atoms with van der Waals surface area (Å²) in [6.45, 7) is 0.856.